The van der Waals surface area contributed by atoms with Gasteiger partial charge in [0, 0.05) is 18.5 Å². The Hall–Kier alpha value is -2.12. The Kier molecular flexibility index (Phi) is 7.85. The Bertz CT molecular complexity index is 447. The van der Waals surface area contributed by atoms with Crippen LogP contribution in [0, 0.1) is 0 Å². The van der Waals surface area contributed by atoms with Gasteiger partial charge in [0.25, 0.3) is 0 Å². The Morgan fingerprint density at radius 1 is 1.05 bits per heavy atom. The van der Waals surface area contributed by atoms with E-state index in [-0.39, 0.29) is 12.3 Å². The molecule has 0 saturated carbocycles. The lowest BCUT2D eigenvalue weighted by Crippen LogP contribution is -2.11. The van der Waals surface area contributed by atoms with Crippen LogP contribution in [0.15, 0.2) is 24.3 Å². The lowest BCUT2D eigenvalue weighted by molar-refractivity contribution is -0.211. The molecule has 0 unspecified atom stereocenters. The van der Waals surface area contributed by atoms with Crippen molar-refractivity contribution in [2.75, 3.05) is 5.32 Å². The fourth-order valence-electron chi connectivity index (χ4n) is 1.79. The number of benzene rings is 1. The van der Waals surface area contributed by atoms with Gasteiger partial charge in [-0.2, -0.15) is 5.90 Å². The maximum atomic E-state index is 11.7. The van der Waals surface area contributed by atoms with Crippen molar-refractivity contribution < 1.29 is 24.6 Å². The molecule has 4 N–H and O–H groups in total. The summed E-state index contributed by atoms with van der Waals surface area (Å²) in [5.41, 5.74) is 0.662. The van der Waals surface area contributed by atoms with Crippen LogP contribution in [0.2, 0.25) is 0 Å². The van der Waals surface area contributed by atoms with E-state index >= 15 is 0 Å². The van der Waals surface area contributed by atoms with Crippen molar-refractivity contribution in [1.29, 1.82) is 0 Å². The van der Waals surface area contributed by atoms with Crippen molar-refractivity contribution in [2.24, 2.45) is 5.90 Å². The van der Waals surface area contributed by atoms with Crippen molar-refractivity contribution >= 4 is 17.6 Å². The van der Waals surface area contributed by atoms with Crippen LogP contribution >= 0.6 is 0 Å². The number of amides is 1. The molecular weight excluding hydrogens is 276 g/mol. The zero-order valence-corrected chi connectivity index (χ0v) is 11.7. The van der Waals surface area contributed by atoms with Crippen LogP contribution in [0.25, 0.3) is 0 Å². The fourth-order valence-corrected chi connectivity index (χ4v) is 1.79. The number of rotatable bonds is 10. The van der Waals surface area contributed by atoms with Gasteiger partial charge in [-0.15, -0.1) is 0 Å². The van der Waals surface area contributed by atoms with Gasteiger partial charge in [-0.05, 0) is 37.1 Å². The highest BCUT2D eigenvalue weighted by atomic mass is 17.3. The normalized spacial score (nSPS) is 10.1. The smallest absolute Gasteiger partial charge is 0.303 e. The number of unbranched alkanes of at least 4 members (excludes halogenated alkanes) is 3. The Balaban J connectivity index is 2.16. The minimum absolute atomic E-state index is 0.0722. The van der Waals surface area contributed by atoms with E-state index in [2.05, 4.69) is 15.2 Å². The molecule has 0 bridgehead atoms. The molecule has 0 saturated heterocycles. The molecular formula is C14H20N2O5. The standard InChI is InChI=1S/C14H20N2O5/c15-21-20-12-9-7-11(8-10-12)16-13(17)5-3-1-2-4-6-14(18)19/h7-10H,1-6,15H2,(H,16,17)(H,18,19). The van der Waals surface area contributed by atoms with E-state index in [4.69, 9.17) is 11.0 Å². The van der Waals surface area contributed by atoms with Crippen molar-refractivity contribution in [1.82, 2.24) is 0 Å². The quantitative estimate of drug-likeness (QED) is 0.347. The van der Waals surface area contributed by atoms with Gasteiger partial charge in [0.15, 0.2) is 5.75 Å². The molecule has 0 aliphatic rings. The molecule has 7 nitrogen and oxygen atoms in total. The molecule has 1 amide bonds. The third-order valence-corrected chi connectivity index (χ3v) is 2.83. The average Bonchev–Trinajstić information content (AvgIpc) is 2.45. The van der Waals surface area contributed by atoms with Crippen LogP contribution in [0.4, 0.5) is 5.69 Å². The monoisotopic (exact) mass is 296 g/mol. The van der Waals surface area contributed by atoms with Gasteiger partial charge < -0.3 is 15.3 Å². The third-order valence-electron chi connectivity index (χ3n) is 2.83. The van der Waals surface area contributed by atoms with E-state index in [1.54, 1.807) is 24.3 Å². The first kappa shape index (κ1) is 16.9. The van der Waals surface area contributed by atoms with Gasteiger partial charge >= 0.3 is 5.97 Å². The highest BCUT2D eigenvalue weighted by Crippen LogP contribution is 2.16. The van der Waals surface area contributed by atoms with E-state index in [9.17, 15) is 9.59 Å². The summed E-state index contributed by atoms with van der Waals surface area (Å²) in [7, 11) is 0. The van der Waals surface area contributed by atoms with Crippen molar-refractivity contribution in [3.63, 3.8) is 0 Å². The second kappa shape index (κ2) is 9.73. The van der Waals surface area contributed by atoms with Crippen LogP contribution in [0.1, 0.15) is 38.5 Å². The molecule has 1 aromatic rings. The van der Waals surface area contributed by atoms with Gasteiger partial charge in [-0.3, -0.25) is 9.59 Å². The second-order valence-corrected chi connectivity index (χ2v) is 4.56. The molecule has 7 heteroatoms. The molecule has 116 valence electrons. The third kappa shape index (κ3) is 7.91. The molecule has 0 spiro atoms. The summed E-state index contributed by atoms with van der Waals surface area (Å²) in [6.45, 7) is 0. The maximum Gasteiger partial charge on any atom is 0.303 e. The molecule has 0 heterocycles. The minimum atomic E-state index is -0.778. The van der Waals surface area contributed by atoms with Crippen molar-refractivity contribution in [3.05, 3.63) is 24.3 Å². The molecule has 21 heavy (non-hydrogen) atoms. The van der Waals surface area contributed by atoms with Gasteiger partial charge in [-0.25, -0.2) is 0 Å². The zero-order valence-electron chi connectivity index (χ0n) is 11.7. The summed E-state index contributed by atoms with van der Waals surface area (Å²) < 4.78 is 0. The summed E-state index contributed by atoms with van der Waals surface area (Å²) in [4.78, 5) is 30.6. The summed E-state index contributed by atoms with van der Waals surface area (Å²) >= 11 is 0. The number of nitrogens with two attached hydrogens (primary N) is 1. The largest absolute Gasteiger partial charge is 0.481 e. The first-order chi connectivity index (χ1) is 10.1. The molecule has 0 fully saturated rings. The van der Waals surface area contributed by atoms with Crippen LogP contribution < -0.4 is 16.1 Å². The number of nitrogens with one attached hydrogen (secondary N) is 1. The van der Waals surface area contributed by atoms with Gasteiger partial charge in [0.2, 0.25) is 5.91 Å². The van der Waals surface area contributed by atoms with Crippen molar-refractivity contribution in [2.45, 2.75) is 38.5 Å². The molecule has 0 aliphatic carbocycles. The van der Waals surface area contributed by atoms with E-state index in [0.717, 1.165) is 19.3 Å². The molecule has 0 radical (unpaired) electrons. The molecule has 0 aromatic heterocycles. The summed E-state index contributed by atoms with van der Waals surface area (Å²) in [5.74, 6) is 4.35. The second-order valence-electron chi connectivity index (χ2n) is 4.56. The molecule has 1 rings (SSSR count). The van der Waals surface area contributed by atoms with Crippen LogP contribution in [-0.2, 0) is 14.6 Å². The van der Waals surface area contributed by atoms with Gasteiger partial charge in [-0.1, -0.05) is 17.8 Å². The lowest BCUT2D eigenvalue weighted by Gasteiger charge is -2.06. The first-order valence-corrected chi connectivity index (χ1v) is 6.77. The van der Waals surface area contributed by atoms with E-state index in [0.29, 0.717) is 24.3 Å². The average molecular weight is 296 g/mol. The minimum Gasteiger partial charge on any atom is -0.481 e. The Labute approximate surface area is 122 Å². The Morgan fingerprint density at radius 3 is 2.24 bits per heavy atom. The number of aliphatic carboxylic acids is 1. The maximum absolute atomic E-state index is 11.7. The summed E-state index contributed by atoms with van der Waals surface area (Å²) in [5, 5.41) is 11.2. The van der Waals surface area contributed by atoms with Gasteiger partial charge in [0.1, 0.15) is 0 Å². The topological polar surface area (TPSA) is 111 Å². The molecule has 0 atom stereocenters. The van der Waals surface area contributed by atoms with Crippen LogP contribution in [-0.4, -0.2) is 17.0 Å². The van der Waals surface area contributed by atoms with Crippen molar-refractivity contribution in [3.8, 4) is 5.75 Å². The van der Waals surface area contributed by atoms with E-state index in [1.807, 2.05) is 0 Å². The Morgan fingerprint density at radius 2 is 1.67 bits per heavy atom. The molecule has 0 aliphatic heterocycles. The fraction of sp³-hybridized carbons (Fsp3) is 0.429. The predicted octanol–water partition coefficient (Wildman–Crippen LogP) is 2.23. The van der Waals surface area contributed by atoms with Crippen LogP contribution in [0.3, 0.4) is 0 Å². The highest BCUT2D eigenvalue weighted by molar-refractivity contribution is 5.90. The summed E-state index contributed by atoms with van der Waals surface area (Å²) in [6.07, 6.45) is 3.67. The number of hydrogen-bond donors (Lipinski definition) is 3. The highest BCUT2D eigenvalue weighted by Gasteiger charge is 2.03. The number of carbonyl (C=O) groups is 2. The van der Waals surface area contributed by atoms with Gasteiger partial charge in [0.05, 0.1) is 0 Å². The van der Waals surface area contributed by atoms with E-state index < -0.39 is 5.97 Å². The number of carbonyl (C=O) groups excluding carboxylic acids is 1. The summed E-state index contributed by atoms with van der Waals surface area (Å²) in [6, 6.07) is 6.60. The zero-order chi connectivity index (χ0) is 15.5. The first-order valence-electron chi connectivity index (χ1n) is 6.77. The number of carboxylic acids is 1. The molecule has 1 aromatic carbocycles. The van der Waals surface area contributed by atoms with E-state index in [1.165, 1.54) is 0 Å². The van der Waals surface area contributed by atoms with Crippen LogP contribution in [0.5, 0.6) is 5.75 Å². The lowest BCUT2D eigenvalue weighted by atomic mass is 10.1. The SMILES string of the molecule is NOOc1ccc(NC(=O)CCCCCCC(=O)O)cc1. The number of hydrogen-bond acceptors (Lipinski definition) is 5. The number of anilines is 1. The predicted molar refractivity (Wildman–Crippen MR) is 76.3 cm³/mol. The number of carboxylic acid groups (broad SMARTS) is 1.